The van der Waals surface area contributed by atoms with Crippen LogP contribution in [0, 0.1) is 5.82 Å². The van der Waals surface area contributed by atoms with Crippen LogP contribution in [0.3, 0.4) is 0 Å². The first-order chi connectivity index (χ1) is 8.63. The molecule has 0 saturated heterocycles. The smallest absolute Gasteiger partial charge is 0.251 e. The number of rotatable bonds is 3. The molecule has 1 aliphatic heterocycles. The fraction of sp³-hybridized carbons (Fsp3) is 0.462. The van der Waals surface area contributed by atoms with E-state index < -0.39 is 12.0 Å². The summed E-state index contributed by atoms with van der Waals surface area (Å²) in [7, 11) is 0. The predicted molar refractivity (Wildman–Crippen MR) is 65.9 cm³/mol. The normalized spacial score (nSPS) is 17.8. The number of nitrogens with two attached hydrogens (primary N) is 1. The maximum atomic E-state index is 13.6. The van der Waals surface area contributed by atoms with Crippen LogP contribution in [0.2, 0.25) is 0 Å². The molecule has 0 spiro atoms. The number of ether oxygens (including phenoxy) is 1. The van der Waals surface area contributed by atoms with Crippen LogP contribution in [-0.2, 0) is 6.42 Å². The Bertz CT molecular complexity index is 463. The molecule has 18 heavy (non-hydrogen) atoms. The Hall–Kier alpha value is -1.62. The van der Waals surface area contributed by atoms with Crippen LogP contribution >= 0.6 is 0 Å². The van der Waals surface area contributed by atoms with E-state index in [4.69, 9.17) is 10.5 Å². The third-order valence-corrected chi connectivity index (χ3v) is 2.94. The highest BCUT2D eigenvalue weighted by Gasteiger charge is 2.25. The Labute approximate surface area is 105 Å². The van der Waals surface area contributed by atoms with E-state index in [9.17, 15) is 9.18 Å². The van der Waals surface area contributed by atoms with Gasteiger partial charge in [-0.05, 0) is 25.0 Å². The minimum atomic E-state index is -0.499. The molecule has 1 aromatic rings. The summed E-state index contributed by atoms with van der Waals surface area (Å²) in [6.07, 6.45) is 1.50. The summed E-state index contributed by atoms with van der Waals surface area (Å²) in [5.41, 5.74) is 6.73. The second-order valence-electron chi connectivity index (χ2n) is 4.35. The van der Waals surface area contributed by atoms with Crippen LogP contribution < -0.4 is 15.8 Å². The Balaban J connectivity index is 2.32. The molecule has 0 radical (unpaired) electrons. The molecule has 2 rings (SSSR count). The number of fused-ring (bicyclic) bond motifs is 1. The number of halogens is 1. The fourth-order valence-corrected chi connectivity index (χ4v) is 2.02. The molecule has 1 unspecified atom stereocenters. The van der Waals surface area contributed by atoms with Gasteiger partial charge in [-0.1, -0.05) is 6.92 Å². The summed E-state index contributed by atoms with van der Waals surface area (Å²) in [6, 6.07) is 2.75. The van der Waals surface area contributed by atoms with Gasteiger partial charge in [0.2, 0.25) is 0 Å². The van der Waals surface area contributed by atoms with Crippen molar-refractivity contribution in [3.63, 3.8) is 0 Å². The molecule has 0 fully saturated rings. The van der Waals surface area contributed by atoms with Crippen LogP contribution in [0.15, 0.2) is 12.1 Å². The Kier molecular flexibility index (Phi) is 3.81. The van der Waals surface area contributed by atoms with E-state index in [0.29, 0.717) is 30.5 Å². The van der Waals surface area contributed by atoms with Gasteiger partial charge in [0.25, 0.3) is 5.91 Å². The van der Waals surface area contributed by atoms with Gasteiger partial charge >= 0.3 is 0 Å². The number of benzene rings is 1. The van der Waals surface area contributed by atoms with Crippen molar-refractivity contribution in [3.8, 4) is 5.75 Å². The summed E-state index contributed by atoms with van der Waals surface area (Å²) < 4.78 is 18.9. The van der Waals surface area contributed by atoms with Crippen molar-refractivity contribution in [1.82, 2.24) is 5.32 Å². The standard InChI is InChI=1S/C13H17FN2O2/c1-2-7-16-13(17)9-3-5-10(14)12-8(9)4-6-11(15)18-12/h3,5,11H,2,4,6-7,15H2,1H3,(H,16,17). The van der Waals surface area contributed by atoms with Gasteiger partial charge in [-0.2, -0.15) is 0 Å². The van der Waals surface area contributed by atoms with Crippen LogP contribution in [0.4, 0.5) is 4.39 Å². The lowest BCUT2D eigenvalue weighted by molar-refractivity contribution is 0.0949. The topological polar surface area (TPSA) is 64.4 Å². The van der Waals surface area contributed by atoms with Crippen LogP contribution in [0.25, 0.3) is 0 Å². The van der Waals surface area contributed by atoms with Gasteiger partial charge < -0.3 is 10.1 Å². The lowest BCUT2D eigenvalue weighted by Crippen LogP contribution is -2.33. The SMILES string of the molecule is CCCNC(=O)c1ccc(F)c2c1CCC(N)O2. The largest absolute Gasteiger partial charge is 0.472 e. The van der Waals surface area contributed by atoms with E-state index in [1.165, 1.54) is 12.1 Å². The molecule has 4 nitrogen and oxygen atoms in total. The van der Waals surface area contributed by atoms with Crippen LogP contribution in [0.5, 0.6) is 5.75 Å². The lowest BCUT2D eigenvalue weighted by atomic mass is 9.98. The average molecular weight is 252 g/mol. The van der Waals surface area contributed by atoms with E-state index >= 15 is 0 Å². The van der Waals surface area contributed by atoms with Gasteiger partial charge in [-0.3, -0.25) is 10.5 Å². The zero-order valence-corrected chi connectivity index (χ0v) is 10.3. The molecule has 1 atom stereocenters. The lowest BCUT2D eigenvalue weighted by Gasteiger charge is -2.25. The van der Waals surface area contributed by atoms with Gasteiger partial charge in [-0.15, -0.1) is 0 Å². The van der Waals surface area contributed by atoms with E-state index in [1.54, 1.807) is 0 Å². The third kappa shape index (κ3) is 2.46. The molecule has 3 N–H and O–H groups in total. The molecule has 0 bridgehead atoms. The Morgan fingerprint density at radius 1 is 1.61 bits per heavy atom. The van der Waals surface area contributed by atoms with Gasteiger partial charge in [-0.25, -0.2) is 4.39 Å². The molecule has 98 valence electrons. The second-order valence-corrected chi connectivity index (χ2v) is 4.35. The molecule has 5 heteroatoms. The summed E-state index contributed by atoms with van der Waals surface area (Å²) in [5.74, 6) is -0.530. The van der Waals surface area contributed by atoms with Gasteiger partial charge in [0.15, 0.2) is 11.6 Å². The third-order valence-electron chi connectivity index (χ3n) is 2.94. The molecule has 1 aliphatic rings. The number of amides is 1. The molecule has 0 saturated carbocycles. The van der Waals surface area contributed by atoms with E-state index in [1.807, 2.05) is 6.92 Å². The van der Waals surface area contributed by atoms with Crippen molar-refractivity contribution >= 4 is 5.91 Å². The fourth-order valence-electron chi connectivity index (χ4n) is 2.02. The summed E-state index contributed by atoms with van der Waals surface area (Å²) in [5, 5.41) is 2.78. The van der Waals surface area contributed by atoms with Crippen molar-refractivity contribution in [2.45, 2.75) is 32.4 Å². The molecule has 1 aromatic carbocycles. The van der Waals surface area contributed by atoms with Crippen LogP contribution in [-0.4, -0.2) is 18.7 Å². The zero-order chi connectivity index (χ0) is 13.1. The Morgan fingerprint density at radius 2 is 2.39 bits per heavy atom. The van der Waals surface area contributed by atoms with Crippen molar-refractivity contribution in [3.05, 3.63) is 29.1 Å². The van der Waals surface area contributed by atoms with Crippen molar-refractivity contribution < 1.29 is 13.9 Å². The zero-order valence-electron chi connectivity index (χ0n) is 10.3. The van der Waals surface area contributed by atoms with Crippen molar-refractivity contribution in [2.24, 2.45) is 5.73 Å². The first kappa shape index (κ1) is 12.8. The molecule has 1 heterocycles. The first-order valence-electron chi connectivity index (χ1n) is 6.15. The highest BCUT2D eigenvalue weighted by atomic mass is 19.1. The second kappa shape index (κ2) is 5.35. The number of hydrogen-bond acceptors (Lipinski definition) is 3. The van der Waals surface area contributed by atoms with Crippen LogP contribution in [0.1, 0.15) is 35.7 Å². The highest BCUT2D eigenvalue weighted by molar-refractivity contribution is 5.96. The minimum Gasteiger partial charge on any atom is -0.472 e. The minimum absolute atomic E-state index is 0.123. The van der Waals surface area contributed by atoms with Gasteiger partial charge in [0, 0.05) is 24.1 Å². The molecule has 1 amide bonds. The summed E-state index contributed by atoms with van der Waals surface area (Å²) in [6.45, 7) is 2.58. The van der Waals surface area contributed by atoms with E-state index in [-0.39, 0.29) is 11.7 Å². The summed E-state index contributed by atoms with van der Waals surface area (Å²) >= 11 is 0. The van der Waals surface area contributed by atoms with Crippen molar-refractivity contribution in [2.75, 3.05) is 6.54 Å². The molecular weight excluding hydrogens is 235 g/mol. The van der Waals surface area contributed by atoms with Crippen molar-refractivity contribution in [1.29, 1.82) is 0 Å². The first-order valence-corrected chi connectivity index (χ1v) is 6.15. The quantitative estimate of drug-likeness (QED) is 0.858. The number of carbonyl (C=O) groups excluding carboxylic acids is 1. The Morgan fingerprint density at radius 3 is 3.11 bits per heavy atom. The molecule has 0 aliphatic carbocycles. The van der Waals surface area contributed by atoms with E-state index in [0.717, 1.165) is 6.42 Å². The van der Waals surface area contributed by atoms with Gasteiger partial charge in [0.05, 0.1) is 0 Å². The molecule has 0 aromatic heterocycles. The van der Waals surface area contributed by atoms with Gasteiger partial charge in [0.1, 0.15) is 6.23 Å². The molecular formula is C13H17FN2O2. The van der Waals surface area contributed by atoms with E-state index in [2.05, 4.69) is 5.32 Å². The summed E-state index contributed by atoms with van der Waals surface area (Å²) in [4.78, 5) is 11.9. The maximum absolute atomic E-state index is 13.6. The highest BCUT2D eigenvalue weighted by Crippen LogP contribution is 2.32. The predicted octanol–water partition coefficient (Wildman–Crippen LogP) is 1.58. The number of carbonyl (C=O) groups is 1. The maximum Gasteiger partial charge on any atom is 0.251 e. The monoisotopic (exact) mass is 252 g/mol. The number of nitrogens with one attached hydrogen (secondary N) is 1. The average Bonchev–Trinajstić information content (AvgIpc) is 2.37. The number of hydrogen-bond donors (Lipinski definition) is 2.